The first kappa shape index (κ1) is 60.4. The molecule has 16 aliphatic rings. The second-order valence-electron chi connectivity index (χ2n) is 33.3. The lowest BCUT2D eigenvalue weighted by Crippen LogP contribution is -2.50. The van der Waals surface area contributed by atoms with E-state index in [9.17, 15) is 19.0 Å². The Bertz CT molecular complexity index is 3860. The number of hydrogen-bond acceptors (Lipinski definition) is 4. The second kappa shape index (κ2) is 23.8. The summed E-state index contributed by atoms with van der Waals surface area (Å²) in [5.74, 6) is 26.2. The van der Waals surface area contributed by atoms with Crippen molar-refractivity contribution in [3.8, 4) is 63.6 Å². The average Bonchev–Trinajstić information content (AvgIpc) is 0.722. The molecule has 16 bridgehead atoms. The minimum atomic E-state index is -0.285. The molecule has 0 spiro atoms. The predicted octanol–water partition coefficient (Wildman–Crippen LogP) is 21.2. The second-order valence-corrected chi connectivity index (χ2v) is 33.3. The maximum atomic E-state index is 12.6. The van der Waals surface area contributed by atoms with Gasteiger partial charge in [-0.25, -0.2) is 8.78 Å². The molecular weight excluding hydrogens is 1160 g/mol. The van der Waals surface area contributed by atoms with E-state index in [2.05, 4.69) is 122 Å². The van der Waals surface area contributed by atoms with Gasteiger partial charge < -0.3 is 19.7 Å². The Morgan fingerprint density at radius 2 is 0.596 bits per heavy atom. The van der Waals surface area contributed by atoms with Crippen LogP contribution in [0.15, 0.2) is 146 Å². The quantitative estimate of drug-likeness (QED) is 0.149. The summed E-state index contributed by atoms with van der Waals surface area (Å²) in [7, 11) is 1.89. The van der Waals surface area contributed by atoms with Gasteiger partial charge in [0.2, 0.25) is 0 Å². The van der Waals surface area contributed by atoms with Crippen molar-refractivity contribution in [2.75, 3.05) is 7.11 Å². The Labute approximate surface area is 557 Å². The fourth-order valence-corrected chi connectivity index (χ4v) is 24.4. The minimum Gasteiger partial charge on any atom is -0.508 e. The summed E-state index contributed by atoms with van der Waals surface area (Å²) in [5, 5.41) is 22.0. The number of aryl methyl sites for hydroxylation is 1. The van der Waals surface area contributed by atoms with E-state index in [0.29, 0.717) is 16.9 Å². The summed E-state index contributed by atoms with van der Waals surface area (Å²) >= 11 is 0. The molecule has 0 amide bonds. The highest BCUT2D eigenvalue weighted by Crippen LogP contribution is 2.68. The van der Waals surface area contributed by atoms with Gasteiger partial charge in [-0.1, -0.05) is 65.6 Å². The molecule has 16 aliphatic carbocycles. The molecule has 0 aliphatic heterocycles. The first-order valence-electron chi connectivity index (χ1n) is 36.5. The van der Waals surface area contributed by atoms with Crippen molar-refractivity contribution in [3.05, 3.63) is 207 Å². The van der Waals surface area contributed by atoms with Crippen LogP contribution in [0.3, 0.4) is 0 Å². The van der Waals surface area contributed by atoms with Crippen molar-refractivity contribution in [1.82, 2.24) is 0 Å². The molecule has 23 rings (SSSR count). The number of phenols is 2. The lowest BCUT2D eigenvalue weighted by Gasteiger charge is -2.58. The van der Waals surface area contributed by atoms with Crippen LogP contribution >= 0.6 is 0 Å². The van der Waals surface area contributed by atoms with E-state index >= 15 is 0 Å². The molecule has 0 aromatic heterocycles. The highest BCUT2D eigenvalue weighted by atomic mass is 19.1. The maximum absolute atomic E-state index is 12.6. The first-order chi connectivity index (χ1) is 45.6. The van der Waals surface area contributed by atoms with Crippen molar-refractivity contribution in [1.29, 1.82) is 0 Å². The van der Waals surface area contributed by atoms with Crippen LogP contribution in [0.4, 0.5) is 8.78 Å². The van der Waals surface area contributed by atoms with Gasteiger partial charge in [-0.05, 0) is 362 Å². The molecule has 0 heterocycles. The summed E-state index contributed by atoms with van der Waals surface area (Å²) in [5.41, 5.74) is 13.6. The van der Waals surface area contributed by atoms with E-state index in [1.165, 1.54) is 217 Å². The van der Waals surface area contributed by atoms with Gasteiger partial charge in [-0.2, -0.15) is 0 Å². The molecule has 94 heavy (non-hydrogen) atoms. The number of benzene rings is 7. The fraction of sp³-hybridized carbons (Fsp3) is 0.477. The molecule has 16 saturated carbocycles. The van der Waals surface area contributed by atoms with Crippen molar-refractivity contribution in [2.24, 2.45) is 71.0 Å². The number of phenolic OH excluding ortho intramolecular Hbond substituents is 2. The van der Waals surface area contributed by atoms with E-state index in [-0.39, 0.29) is 27.9 Å². The Balaban J connectivity index is 0.000000127. The van der Waals surface area contributed by atoms with Crippen LogP contribution in [0.5, 0.6) is 28.7 Å². The van der Waals surface area contributed by atoms with E-state index in [1.807, 2.05) is 7.11 Å². The molecule has 16 fully saturated rings. The van der Waals surface area contributed by atoms with E-state index in [1.54, 1.807) is 30.3 Å². The maximum Gasteiger partial charge on any atom is 0.134 e. The standard InChI is InChI=1S/C48H50O2.C26H34O2.C14H8F2/c1-31-3-5-32(6-4-31)7-8-33-9-11-40(12-10-33)41-13-15-42(16-14-41)50-46-24-45(49-2)43(47-25-34-17-35(26-47)19-36(18-34)27-47)23-44(46)48-28-37-20-38(29-48)22-39(21-37)30-48;27-23-8-24(28)22(26-12-18-4-19(13-26)6-20(5-18)14-26)7-21(23)25-9-15-1-16(10-25)3-17(2-15)11-25;15-13-7-3-11(4-8-13)1-2-12-5-9-14(16)10-6-12/h3-6,9-16,23-24,34-39H,17-22,25-30H2,1-2H3;7-8,15-20,27-28H,1-6,9-14H2;3-10H. The molecule has 6 heteroatoms. The van der Waals surface area contributed by atoms with E-state index in [0.717, 1.165) is 111 Å². The van der Waals surface area contributed by atoms with Gasteiger partial charge >= 0.3 is 0 Å². The van der Waals surface area contributed by atoms with Gasteiger partial charge in [0.15, 0.2) is 0 Å². The molecule has 0 atom stereocenters. The molecule has 7 aromatic rings. The largest absolute Gasteiger partial charge is 0.508 e. The molecule has 0 unspecified atom stereocenters. The monoisotopic (exact) mass is 1250 g/mol. The SMILES string of the molecule is COc1cc(Oc2ccc(-c3ccc(C#Cc4ccc(C)cc4)cc3)cc2)c(C23CC4CC(CC(C4)C2)C3)cc1C12CC3CC(CC(C3)C1)C2.Fc1ccc(C#Cc2ccc(F)cc2)cc1.Oc1cc(O)c(C23CC4CC(CC(C4)C2)C3)cc1C12CC3CC(CC(C3)C1)C2. The van der Waals surface area contributed by atoms with Crippen LogP contribution in [-0.4, -0.2) is 17.3 Å². The molecule has 4 nitrogen and oxygen atoms in total. The Hall–Kier alpha value is -7.28. The summed E-state index contributed by atoms with van der Waals surface area (Å²) in [6, 6.07) is 46.6. The van der Waals surface area contributed by atoms with Crippen LogP contribution in [0.1, 0.15) is 204 Å². The van der Waals surface area contributed by atoms with Gasteiger partial charge in [0, 0.05) is 56.6 Å². The zero-order valence-electron chi connectivity index (χ0n) is 55.2. The fourth-order valence-electron chi connectivity index (χ4n) is 24.4. The lowest BCUT2D eigenvalue weighted by atomic mass is 9.46. The summed E-state index contributed by atoms with van der Waals surface area (Å²) in [6.07, 6.45) is 33.1. The number of ether oxygens (including phenoxy) is 2. The summed E-state index contributed by atoms with van der Waals surface area (Å²) in [6.45, 7) is 2.10. The Morgan fingerprint density at radius 1 is 0.330 bits per heavy atom. The van der Waals surface area contributed by atoms with Gasteiger partial charge in [0.05, 0.1) is 7.11 Å². The van der Waals surface area contributed by atoms with Crippen molar-refractivity contribution < 1.29 is 28.5 Å². The smallest absolute Gasteiger partial charge is 0.134 e. The van der Waals surface area contributed by atoms with E-state index < -0.39 is 0 Å². The number of rotatable bonds is 8. The van der Waals surface area contributed by atoms with Gasteiger partial charge in [-0.15, -0.1) is 0 Å². The molecule has 482 valence electrons. The Kier molecular flexibility index (Phi) is 15.3. The number of methoxy groups -OCH3 is 1. The third kappa shape index (κ3) is 11.6. The predicted molar refractivity (Wildman–Crippen MR) is 370 cm³/mol. The molecular formula is C88H92F2O4. The normalized spacial score (nSPS) is 34.1. The molecule has 2 N–H and O–H groups in total. The van der Waals surface area contributed by atoms with Gasteiger partial charge in [0.1, 0.15) is 40.4 Å². The highest BCUT2D eigenvalue weighted by Gasteiger charge is 2.58. The number of halogens is 2. The zero-order valence-corrected chi connectivity index (χ0v) is 55.2. The lowest BCUT2D eigenvalue weighted by molar-refractivity contribution is -0.00983. The topological polar surface area (TPSA) is 58.9 Å². The number of hydrogen-bond donors (Lipinski definition) is 2. The highest BCUT2D eigenvalue weighted by molar-refractivity contribution is 5.66. The zero-order chi connectivity index (χ0) is 63.5. The molecule has 7 aromatic carbocycles. The van der Waals surface area contributed by atoms with Crippen LogP contribution in [0.25, 0.3) is 11.1 Å². The van der Waals surface area contributed by atoms with Crippen molar-refractivity contribution in [2.45, 2.75) is 183 Å². The minimum absolute atomic E-state index is 0.198. The summed E-state index contributed by atoms with van der Waals surface area (Å²) < 4.78 is 38.5. The van der Waals surface area contributed by atoms with E-state index in [4.69, 9.17) is 9.47 Å². The number of aromatic hydroxyl groups is 2. The summed E-state index contributed by atoms with van der Waals surface area (Å²) in [4.78, 5) is 0. The van der Waals surface area contributed by atoms with Crippen LogP contribution in [0, 0.1) is 113 Å². The van der Waals surface area contributed by atoms with Crippen molar-refractivity contribution in [3.63, 3.8) is 0 Å². The van der Waals surface area contributed by atoms with Crippen LogP contribution < -0.4 is 9.47 Å². The van der Waals surface area contributed by atoms with Gasteiger partial charge in [-0.3, -0.25) is 0 Å². The van der Waals surface area contributed by atoms with Crippen LogP contribution in [0.2, 0.25) is 0 Å². The molecule has 0 saturated heterocycles. The van der Waals surface area contributed by atoms with Crippen LogP contribution in [-0.2, 0) is 21.7 Å². The van der Waals surface area contributed by atoms with Crippen molar-refractivity contribution >= 4 is 0 Å². The molecule has 0 radical (unpaired) electrons. The third-order valence-corrected chi connectivity index (χ3v) is 26.6. The van der Waals surface area contributed by atoms with Gasteiger partial charge in [0.25, 0.3) is 0 Å². The Morgan fingerprint density at radius 3 is 0.915 bits per heavy atom. The average molecular weight is 1250 g/mol. The first-order valence-corrected chi connectivity index (χ1v) is 36.5. The third-order valence-electron chi connectivity index (χ3n) is 26.6.